The maximum Gasteiger partial charge on any atom is 0.246 e. The molecule has 2 aromatic carbocycles. The Morgan fingerprint density at radius 1 is 1.10 bits per heavy atom. The van der Waals surface area contributed by atoms with Gasteiger partial charge in [0.05, 0.1) is 29.2 Å². The number of alkyl halides is 1. The van der Waals surface area contributed by atoms with E-state index in [9.17, 15) is 23.7 Å². The van der Waals surface area contributed by atoms with Gasteiger partial charge in [-0.05, 0) is 24.3 Å². The van der Waals surface area contributed by atoms with Crippen molar-refractivity contribution in [3.8, 4) is 28.4 Å². The first-order valence-corrected chi connectivity index (χ1v) is 11.8. The number of hydrogen-bond acceptors (Lipinski definition) is 6. The lowest BCUT2D eigenvalue weighted by Crippen LogP contribution is -2.35. The maximum absolute atomic E-state index is 13.1. The summed E-state index contributed by atoms with van der Waals surface area (Å²) in [4.78, 5) is -0.392. The SMILES string of the molecule is O=S(=O)(c1cc(-c2ccnn2-c2ccccc2Cl)c(O)cc1O)N(CCO)CCBr. The van der Waals surface area contributed by atoms with Crippen LogP contribution in [0.1, 0.15) is 0 Å². The van der Waals surface area contributed by atoms with E-state index < -0.39 is 20.7 Å². The molecular weight excluding hydrogens is 498 g/mol. The Labute approximate surface area is 187 Å². The Morgan fingerprint density at radius 2 is 1.83 bits per heavy atom. The van der Waals surface area contributed by atoms with Gasteiger partial charge >= 0.3 is 0 Å². The monoisotopic (exact) mass is 515 g/mol. The van der Waals surface area contributed by atoms with Crippen LogP contribution in [0, 0.1) is 0 Å². The van der Waals surface area contributed by atoms with Crippen LogP contribution in [0.4, 0.5) is 0 Å². The average Bonchev–Trinajstić information content (AvgIpc) is 3.17. The number of hydrogen-bond donors (Lipinski definition) is 3. The molecule has 0 aliphatic rings. The van der Waals surface area contributed by atoms with Crippen LogP contribution in [-0.2, 0) is 10.0 Å². The minimum Gasteiger partial charge on any atom is -0.507 e. The lowest BCUT2D eigenvalue weighted by molar-refractivity contribution is 0.257. The van der Waals surface area contributed by atoms with Crippen LogP contribution in [-0.4, -0.2) is 62.8 Å². The normalized spacial score (nSPS) is 11.9. The third-order valence-electron chi connectivity index (χ3n) is 4.38. The van der Waals surface area contributed by atoms with Crippen LogP contribution in [0.3, 0.4) is 0 Å². The molecule has 3 rings (SSSR count). The topological polar surface area (TPSA) is 116 Å². The van der Waals surface area contributed by atoms with E-state index in [0.29, 0.717) is 21.7 Å². The Morgan fingerprint density at radius 3 is 2.50 bits per heavy atom. The second-order valence-corrected chi connectivity index (χ2v) is 9.34. The van der Waals surface area contributed by atoms with Gasteiger partial charge in [-0.3, -0.25) is 0 Å². The van der Waals surface area contributed by atoms with E-state index in [0.717, 1.165) is 10.4 Å². The zero-order valence-electron chi connectivity index (χ0n) is 15.6. The van der Waals surface area contributed by atoms with Gasteiger partial charge in [0.25, 0.3) is 0 Å². The molecule has 3 aromatic rings. The number of aromatic hydroxyl groups is 2. The molecule has 0 bridgehead atoms. The van der Waals surface area contributed by atoms with Gasteiger partial charge in [0.15, 0.2) is 0 Å². The van der Waals surface area contributed by atoms with Crippen LogP contribution in [0.5, 0.6) is 11.5 Å². The Hall–Kier alpha value is -2.11. The molecule has 0 saturated carbocycles. The minimum atomic E-state index is -4.15. The third kappa shape index (κ3) is 4.33. The van der Waals surface area contributed by atoms with Gasteiger partial charge in [-0.2, -0.15) is 9.40 Å². The molecular formula is C19H19BrClN3O5S. The van der Waals surface area contributed by atoms with E-state index in [1.807, 2.05) is 0 Å². The van der Waals surface area contributed by atoms with E-state index in [1.165, 1.54) is 16.9 Å². The number of nitrogens with zero attached hydrogens (tertiary/aromatic N) is 3. The Kier molecular flexibility index (Phi) is 7.04. The highest BCUT2D eigenvalue weighted by Crippen LogP contribution is 2.39. The van der Waals surface area contributed by atoms with Crippen molar-refractivity contribution in [3.63, 3.8) is 0 Å². The van der Waals surface area contributed by atoms with Gasteiger partial charge in [0.1, 0.15) is 16.4 Å². The molecule has 11 heteroatoms. The van der Waals surface area contributed by atoms with Crippen LogP contribution in [0.2, 0.25) is 5.02 Å². The van der Waals surface area contributed by atoms with Crippen LogP contribution >= 0.6 is 27.5 Å². The van der Waals surface area contributed by atoms with Crippen LogP contribution in [0.15, 0.2) is 53.6 Å². The number of sulfonamides is 1. The number of aliphatic hydroxyl groups excluding tert-OH is 1. The number of phenols is 2. The van der Waals surface area contributed by atoms with Gasteiger partial charge in [-0.25, -0.2) is 13.1 Å². The largest absolute Gasteiger partial charge is 0.507 e. The lowest BCUT2D eigenvalue weighted by atomic mass is 10.1. The fourth-order valence-corrected chi connectivity index (χ4v) is 5.39. The van der Waals surface area contributed by atoms with Crippen molar-refractivity contribution < 1.29 is 23.7 Å². The highest BCUT2D eigenvalue weighted by atomic mass is 79.9. The van der Waals surface area contributed by atoms with Crippen molar-refractivity contribution >= 4 is 37.6 Å². The predicted molar refractivity (Wildman–Crippen MR) is 117 cm³/mol. The predicted octanol–water partition coefficient (Wildman–Crippen LogP) is 2.98. The molecule has 0 unspecified atom stereocenters. The number of rotatable bonds is 8. The first kappa shape index (κ1) is 22.6. The zero-order chi connectivity index (χ0) is 21.9. The summed E-state index contributed by atoms with van der Waals surface area (Å²) in [6.45, 7) is -0.422. The average molecular weight is 517 g/mol. The Balaban J connectivity index is 2.17. The summed E-state index contributed by atoms with van der Waals surface area (Å²) in [6, 6.07) is 10.7. The van der Waals surface area contributed by atoms with Crippen molar-refractivity contribution in [1.29, 1.82) is 0 Å². The second kappa shape index (κ2) is 9.36. The molecule has 8 nitrogen and oxygen atoms in total. The lowest BCUT2D eigenvalue weighted by Gasteiger charge is -2.21. The summed E-state index contributed by atoms with van der Waals surface area (Å²) in [7, 11) is -4.15. The number of aliphatic hydroxyl groups is 1. The first-order chi connectivity index (χ1) is 14.3. The standard InChI is InChI=1S/C19H19BrClN3O5S/c20-6-8-23(9-10-25)30(28,29)19-11-13(17(26)12-18(19)27)15-5-7-22-24(15)16-4-2-1-3-14(16)21/h1-5,7,11-12,25-27H,6,8-10H2. The van der Waals surface area contributed by atoms with Crippen molar-refractivity contribution in [2.24, 2.45) is 0 Å². The van der Waals surface area contributed by atoms with Crippen molar-refractivity contribution in [1.82, 2.24) is 14.1 Å². The highest BCUT2D eigenvalue weighted by Gasteiger charge is 2.29. The van der Waals surface area contributed by atoms with Crippen LogP contribution in [0.25, 0.3) is 16.9 Å². The molecule has 160 valence electrons. The minimum absolute atomic E-state index is 0.0934. The van der Waals surface area contributed by atoms with E-state index in [4.69, 9.17) is 11.6 Å². The smallest absolute Gasteiger partial charge is 0.246 e. The third-order valence-corrected chi connectivity index (χ3v) is 6.98. The summed E-state index contributed by atoms with van der Waals surface area (Å²) in [6.07, 6.45) is 1.49. The molecule has 3 N–H and O–H groups in total. The Bertz CT molecular complexity index is 1150. The molecule has 0 radical (unpaired) electrons. The summed E-state index contributed by atoms with van der Waals surface area (Å²) in [5.41, 5.74) is 1.06. The molecule has 1 heterocycles. The number of phenolic OH excluding ortho intramolecular Hbond substituents is 2. The number of benzene rings is 2. The van der Waals surface area contributed by atoms with E-state index in [-0.39, 0.29) is 31.0 Å². The van der Waals surface area contributed by atoms with Gasteiger partial charge in [0, 0.05) is 30.0 Å². The number of halogens is 2. The second-order valence-electron chi connectivity index (χ2n) is 6.23. The fourth-order valence-electron chi connectivity index (χ4n) is 2.99. The van der Waals surface area contributed by atoms with Crippen molar-refractivity contribution in [2.75, 3.05) is 25.0 Å². The first-order valence-electron chi connectivity index (χ1n) is 8.83. The molecule has 0 aliphatic carbocycles. The van der Waals surface area contributed by atoms with E-state index >= 15 is 0 Å². The van der Waals surface area contributed by atoms with Gasteiger partial charge in [-0.1, -0.05) is 39.7 Å². The molecule has 0 spiro atoms. The van der Waals surface area contributed by atoms with Crippen molar-refractivity contribution in [3.05, 3.63) is 53.7 Å². The van der Waals surface area contributed by atoms with Crippen molar-refractivity contribution in [2.45, 2.75) is 4.90 Å². The summed E-state index contributed by atoms with van der Waals surface area (Å²) in [5, 5.41) is 35.0. The zero-order valence-corrected chi connectivity index (χ0v) is 18.8. The highest BCUT2D eigenvalue weighted by molar-refractivity contribution is 9.09. The maximum atomic E-state index is 13.1. The van der Waals surface area contributed by atoms with E-state index in [1.54, 1.807) is 30.3 Å². The molecule has 0 saturated heterocycles. The summed E-state index contributed by atoms with van der Waals surface area (Å²) >= 11 is 9.45. The molecule has 0 fully saturated rings. The molecule has 1 aromatic heterocycles. The van der Waals surface area contributed by atoms with Gasteiger partial charge < -0.3 is 15.3 Å². The van der Waals surface area contributed by atoms with E-state index in [2.05, 4.69) is 21.0 Å². The quantitative estimate of drug-likeness (QED) is 0.397. The van der Waals surface area contributed by atoms with Gasteiger partial charge in [-0.15, -0.1) is 0 Å². The summed E-state index contributed by atoms with van der Waals surface area (Å²) < 4.78 is 28.7. The molecule has 30 heavy (non-hydrogen) atoms. The molecule has 0 amide bonds. The number of aromatic nitrogens is 2. The molecule has 0 atom stereocenters. The van der Waals surface area contributed by atoms with Gasteiger partial charge in [0.2, 0.25) is 10.0 Å². The van der Waals surface area contributed by atoms with Crippen LogP contribution < -0.4 is 0 Å². The molecule has 0 aliphatic heterocycles. The fraction of sp³-hybridized carbons (Fsp3) is 0.211. The number of para-hydroxylation sites is 1. The summed E-state index contributed by atoms with van der Waals surface area (Å²) in [5.74, 6) is -0.924.